The first-order valence-corrected chi connectivity index (χ1v) is 5.07. The lowest BCUT2D eigenvalue weighted by Gasteiger charge is -2.07. The van der Waals surface area contributed by atoms with Gasteiger partial charge in [-0.2, -0.15) is 0 Å². The molecule has 0 aliphatic heterocycles. The molecule has 0 aliphatic carbocycles. The summed E-state index contributed by atoms with van der Waals surface area (Å²) in [6.07, 6.45) is 4.95. The summed E-state index contributed by atoms with van der Waals surface area (Å²) in [6, 6.07) is 5.10. The highest BCUT2D eigenvalue weighted by atomic mass is 32.2. The van der Waals surface area contributed by atoms with Crippen LogP contribution in [0.2, 0.25) is 0 Å². The first kappa shape index (κ1) is 10.6. The molecule has 0 spiro atoms. The van der Waals surface area contributed by atoms with Crippen LogP contribution in [0, 0.1) is 12.3 Å². The number of terminal acetylenes is 1. The smallest absolute Gasteiger partial charge is 0.148 e. The fourth-order valence-corrected chi connectivity index (χ4v) is 1.30. The van der Waals surface area contributed by atoms with Gasteiger partial charge >= 0.3 is 0 Å². The van der Waals surface area contributed by atoms with Crippen molar-refractivity contribution in [2.75, 3.05) is 6.61 Å². The van der Waals surface area contributed by atoms with Gasteiger partial charge in [-0.25, -0.2) is 8.42 Å². The lowest BCUT2D eigenvalue weighted by atomic mass is 10.3. The van der Waals surface area contributed by atoms with E-state index in [1.165, 1.54) is 24.3 Å². The van der Waals surface area contributed by atoms with Gasteiger partial charge in [-0.05, 0) is 24.3 Å². The van der Waals surface area contributed by atoms with Gasteiger partial charge in [-0.1, -0.05) is 5.92 Å². The number of ether oxygens (including phenoxy) is 1. The van der Waals surface area contributed by atoms with Gasteiger partial charge in [0.25, 0.3) is 0 Å². The normalized spacial score (nSPS) is 10.6. The van der Waals surface area contributed by atoms with Gasteiger partial charge in [0, 0.05) is 0 Å². The van der Waals surface area contributed by atoms with Gasteiger partial charge in [0.05, 0.1) is 4.90 Å². The molecular weight excluding hydrogens is 204 g/mol. The molecule has 0 heterocycles. The van der Waals surface area contributed by atoms with Crippen molar-refractivity contribution in [3.8, 4) is 18.1 Å². The SMILES string of the molecule is C#CCOc1ccc(S(=O)(=O)[O-])cc1. The maximum Gasteiger partial charge on any atom is 0.148 e. The van der Waals surface area contributed by atoms with Crippen molar-refractivity contribution in [3.05, 3.63) is 24.3 Å². The van der Waals surface area contributed by atoms with E-state index in [4.69, 9.17) is 11.2 Å². The van der Waals surface area contributed by atoms with E-state index in [0.717, 1.165) is 0 Å². The molecule has 0 aliphatic rings. The Labute approximate surface area is 82.3 Å². The third-order valence-electron chi connectivity index (χ3n) is 1.43. The Morgan fingerprint density at radius 3 is 2.36 bits per heavy atom. The highest BCUT2D eigenvalue weighted by molar-refractivity contribution is 7.85. The molecule has 0 radical (unpaired) electrons. The van der Waals surface area contributed by atoms with Crippen LogP contribution in [0.5, 0.6) is 5.75 Å². The molecule has 0 bridgehead atoms. The largest absolute Gasteiger partial charge is 0.744 e. The zero-order chi connectivity index (χ0) is 10.6. The number of hydrogen-bond acceptors (Lipinski definition) is 4. The Kier molecular flexibility index (Phi) is 3.12. The lowest BCUT2D eigenvalue weighted by molar-refractivity contribution is 0.370. The summed E-state index contributed by atoms with van der Waals surface area (Å²) < 4.78 is 36.6. The molecular formula is C9H7O4S-. The molecule has 1 aromatic carbocycles. The molecule has 74 valence electrons. The molecule has 0 amide bonds. The average molecular weight is 211 g/mol. The van der Waals surface area contributed by atoms with Crippen LogP contribution in [0.4, 0.5) is 0 Å². The van der Waals surface area contributed by atoms with Crippen LogP contribution in [0.3, 0.4) is 0 Å². The van der Waals surface area contributed by atoms with E-state index < -0.39 is 10.1 Å². The van der Waals surface area contributed by atoms with Crippen molar-refractivity contribution < 1.29 is 17.7 Å². The van der Waals surface area contributed by atoms with Gasteiger partial charge in [0.1, 0.15) is 22.5 Å². The van der Waals surface area contributed by atoms with E-state index in [2.05, 4.69) is 5.92 Å². The van der Waals surface area contributed by atoms with Gasteiger partial charge in [-0.3, -0.25) is 0 Å². The summed E-state index contributed by atoms with van der Waals surface area (Å²) in [5.74, 6) is 2.69. The highest BCUT2D eigenvalue weighted by Gasteiger charge is 2.00. The maximum atomic E-state index is 10.5. The second-order valence-electron chi connectivity index (χ2n) is 2.42. The van der Waals surface area contributed by atoms with E-state index in [-0.39, 0.29) is 11.5 Å². The molecule has 0 saturated heterocycles. The Hall–Kier alpha value is -1.51. The summed E-state index contributed by atoms with van der Waals surface area (Å²) in [6.45, 7) is 0.101. The Bertz CT molecular complexity index is 439. The van der Waals surface area contributed by atoms with Gasteiger partial charge < -0.3 is 9.29 Å². The zero-order valence-corrected chi connectivity index (χ0v) is 7.95. The van der Waals surface area contributed by atoms with E-state index >= 15 is 0 Å². The van der Waals surface area contributed by atoms with Crippen LogP contribution in [0.1, 0.15) is 0 Å². The van der Waals surface area contributed by atoms with Crippen molar-refractivity contribution in [2.45, 2.75) is 4.90 Å². The molecule has 14 heavy (non-hydrogen) atoms. The standard InChI is InChI=1S/C9H8O4S/c1-2-7-13-8-3-5-9(6-4-8)14(10,11)12/h1,3-6H,7H2,(H,10,11,12)/p-1. The van der Waals surface area contributed by atoms with Crippen LogP contribution < -0.4 is 4.74 Å². The summed E-state index contributed by atoms with van der Waals surface area (Å²) in [7, 11) is -4.39. The van der Waals surface area contributed by atoms with E-state index in [1.807, 2.05) is 0 Å². The summed E-state index contributed by atoms with van der Waals surface area (Å²) >= 11 is 0. The molecule has 0 unspecified atom stereocenters. The van der Waals surface area contributed by atoms with E-state index in [0.29, 0.717) is 5.75 Å². The van der Waals surface area contributed by atoms with Crippen LogP contribution in [0.25, 0.3) is 0 Å². The molecule has 4 nitrogen and oxygen atoms in total. The molecule has 0 aromatic heterocycles. The van der Waals surface area contributed by atoms with Crippen molar-refractivity contribution >= 4 is 10.1 Å². The second-order valence-corrected chi connectivity index (χ2v) is 3.80. The lowest BCUT2D eigenvalue weighted by Crippen LogP contribution is -1.99. The Morgan fingerprint density at radius 2 is 1.93 bits per heavy atom. The summed E-state index contributed by atoms with van der Waals surface area (Å²) in [5.41, 5.74) is 0. The fraction of sp³-hybridized carbons (Fsp3) is 0.111. The second kappa shape index (κ2) is 4.13. The molecule has 1 rings (SSSR count). The minimum Gasteiger partial charge on any atom is -0.744 e. The predicted octanol–water partition coefficient (Wildman–Crippen LogP) is 0.603. The van der Waals surface area contributed by atoms with E-state index in [1.54, 1.807) is 0 Å². The highest BCUT2D eigenvalue weighted by Crippen LogP contribution is 2.15. The van der Waals surface area contributed by atoms with Gasteiger partial charge in [0.15, 0.2) is 0 Å². The molecule has 5 heteroatoms. The number of benzene rings is 1. The Morgan fingerprint density at radius 1 is 1.36 bits per heavy atom. The summed E-state index contributed by atoms with van der Waals surface area (Å²) in [4.78, 5) is -0.287. The molecule has 1 aromatic rings. The average Bonchev–Trinajstić information content (AvgIpc) is 2.14. The molecule has 0 N–H and O–H groups in total. The third-order valence-corrected chi connectivity index (χ3v) is 2.28. The number of hydrogen-bond donors (Lipinski definition) is 0. The van der Waals surface area contributed by atoms with Gasteiger partial charge in [-0.15, -0.1) is 6.42 Å². The minimum atomic E-state index is -4.39. The topological polar surface area (TPSA) is 66.4 Å². The van der Waals surface area contributed by atoms with Crippen molar-refractivity contribution in [2.24, 2.45) is 0 Å². The first-order chi connectivity index (χ1) is 6.54. The van der Waals surface area contributed by atoms with E-state index in [9.17, 15) is 13.0 Å². The molecule has 0 fully saturated rings. The quantitative estimate of drug-likeness (QED) is 0.542. The van der Waals surface area contributed by atoms with Crippen LogP contribution >= 0.6 is 0 Å². The fourth-order valence-electron chi connectivity index (χ4n) is 0.828. The zero-order valence-electron chi connectivity index (χ0n) is 7.14. The van der Waals surface area contributed by atoms with Gasteiger partial charge in [0.2, 0.25) is 0 Å². The first-order valence-electron chi connectivity index (χ1n) is 3.66. The van der Waals surface area contributed by atoms with Crippen LogP contribution in [-0.4, -0.2) is 19.6 Å². The molecule has 0 atom stereocenters. The Balaban J connectivity index is 2.86. The van der Waals surface area contributed by atoms with Crippen LogP contribution in [0.15, 0.2) is 29.2 Å². The third kappa shape index (κ3) is 2.76. The minimum absolute atomic E-state index is 0.101. The van der Waals surface area contributed by atoms with Crippen molar-refractivity contribution in [3.63, 3.8) is 0 Å². The number of rotatable bonds is 3. The van der Waals surface area contributed by atoms with Crippen molar-refractivity contribution in [1.82, 2.24) is 0 Å². The van der Waals surface area contributed by atoms with Crippen molar-refractivity contribution in [1.29, 1.82) is 0 Å². The van der Waals surface area contributed by atoms with Crippen LogP contribution in [-0.2, 0) is 10.1 Å². The monoisotopic (exact) mass is 211 g/mol. The summed E-state index contributed by atoms with van der Waals surface area (Å²) in [5, 5.41) is 0. The maximum absolute atomic E-state index is 10.5. The molecule has 0 saturated carbocycles. The predicted molar refractivity (Wildman–Crippen MR) is 48.7 cm³/mol.